The van der Waals surface area contributed by atoms with Crippen molar-refractivity contribution in [3.63, 3.8) is 0 Å². The highest BCUT2D eigenvalue weighted by molar-refractivity contribution is 6.30. The summed E-state index contributed by atoms with van der Waals surface area (Å²) in [7, 11) is 0. The van der Waals surface area contributed by atoms with Crippen LogP contribution in [0, 0.1) is 17.0 Å². The van der Waals surface area contributed by atoms with Crippen molar-refractivity contribution >= 4 is 17.3 Å². The first-order chi connectivity index (χ1) is 10.5. The molecule has 1 aromatic heterocycles. The quantitative estimate of drug-likeness (QED) is 0.504. The van der Waals surface area contributed by atoms with Crippen molar-refractivity contribution in [1.29, 1.82) is 0 Å². The Kier molecular flexibility index (Phi) is 3.69. The Morgan fingerprint density at radius 3 is 2.23 bits per heavy atom. The smallest absolute Gasteiger partial charge is 0.269 e. The zero-order valence-electron chi connectivity index (χ0n) is 11.9. The highest BCUT2D eigenvalue weighted by Crippen LogP contribution is 2.26. The number of nitro groups is 1. The molecular weight excluding hydrogens is 300 g/mol. The molecule has 0 aliphatic rings. The van der Waals surface area contributed by atoms with Crippen LogP contribution in [0.5, 0.6) is 0 Å². The van der Waals surface area contributed by atoms with Crippen molar-refractivity contribution in [2.75, 3.05) is 0 Å². The Morgan fingerprint density at radius 2 is 1.64 bits per heavy atom. The fourth-order valence-corrected chi connectivity index (χ4v) is 2.51. The number of halogens is 1. The fraction of sp³-hybridized carbons (Fsp3) is 0.0588. The first kappa shape index (κ1) is 14.4. The van der Waals surface area contributed by atoms with Crippen LogP contribution in [-0.4, -0.2) is 9.49 Å². The summed E-state index contributed by atoms with van der Waals surface area (Å²) in [6.07, 6.45) is 2.01. The second-order valence-electron chi connectivity index (χ2n) is 5.02. The molecule has 4 nitrogen and oxygen atoms in total. The van der Waals surface area contributed by atoms with Gasteiger partial charge in [0.05, 0.1) is 4.92 Å². The maximum Gasteiger partial charge on any atom is 0.269 e. The molecule has 0 N–H and O–H groups in total. The number of aryl methyl sites for hydroxylation is 1. The van der Waals surface area contributed by atoms with Crippen molar-refractivity contribution in [2.45, 2.75) is 6.92 Å². The van der Waals surface area contributed by atoms with E-state index in [1.54, 1.807) is 12.1 Å². The Labute approximate surface area is 132 Å². The van der Waals surface area contributed by atoms with Crippen LogP contribution < -0.4 is 0 Å². The SMILES string of the molecule is Cc1cc(-c2ccc([N+](=O)[O-])cc2)cn1-c1ccc(Cl)cc1. The third-order valence-electron chi connectivity index (χ3n) is 3.53. The van der Waals surface area contributed by atoms with Crippen molar-refractivity contribution in [3.8, 4) is 16.8 Å². The number of non-ortho nitro benzene ring substituents is 1. The summed E-state index contributed by atoms with van der Waals surface area (Å²) in [5.41, 5.74) is 4.16. The van der Waals surface area contributed by atoms with Gasteiger partial charge in [0.1, 0.15) is 0 Å². The molecule has 0 bridgehead atoms. The van der Waals surface area contributed by atoms with Crippen LogP contribution in [-0.2, 0) is 0 Å². The highest BCUT2D eigenvalue weighted by Gasteiger charge is 2.09. The third-order valence-corrected chi connectivity index (χ3v) is 3.78. The molecule has 22 heavy (non-hydrogen) atoms. The molecule has 2 aromatic carbocycles. The summed E-state index contributed by atoms with van der Waals surface area (Å²) < 4.78 is 2.06. The molecule has 0 unspecified atom stereocenters. The van der Waals surface area contributed by atoms with Crippen LogP contribution in [0.1, 0.15) is 5.69 Å². The molecule has 3 rings (SSSR count). The highest BCUT2D eigenvalue weighted by atomic mass is 35.5. The van der Waals surface area contributed by atoms with E-state index in [-0.39, 0.29) is 5.69 Å². The molecule has 3 aromatic rings. The van der Waals surface area contributed by atoms with Crippen LogP contribution >= 0.6 is 11.6 Å². The number of hydrogen-bond donors (Lipinski definition) is 0. The van der Waals surface area contributed by atoms with Gasteiger partial charge in [0.25, 0.3) is 5.69 Å². The third kappa shape index (κ3) is 2.73. The fourth-order valence-electron chi connectivity index (χ4n) is 2.39. The topological polar surface area (TPSA) is 48.1 Å². The van der Waals surface area contributed by atoms with Gasteiger partial charge in [-0.15, -0.1) is 0 Å². The van der Waals surface area contributed by atoms with Crippen molar-refractivity contribution in [3.05, 3.63) is 81.6 Å². The van der Waals surface area contributed by atoms with Crippen LogP contribution in [0.15, 0.2) is 60.8 Å². The van der Waals surface area contributed by atoms with Crippen LogP contribution in [0.25, 0.3) is 16.8 Å². The molecule has 0 radical (unpaired) electrons. The number of aromatic nitrogens is 1. The van der Waals surface area contributed by atoms with Gasteiger partial charge in [-0.05, 0) is 55.0 Å². The lowest BCUT2D eigenvalue weighted by atomic mass is 10.1. The van der Waals surface area contributed by atoms with Gasteiger partial charge in [0.2, 0.25) is 0 Å². The largest absolute Gasteiger partial charge is 0.321 e. The van der Waals surface area contributed by atoms with E-state index < -0.39 is 4.92 Å². The number of benzene rings is 2. The zero-order chi connectivity index (χ0) is 15.7. The Bertz CT molecular complexity index is 821. The Morgan fingerprint density at radius 1 is 1.00 bits per heavy atom. The molecule has 1 heterocycles. The number of nitro benzene ring substituents is 1. The molecule has 0 atom stereocenters. The maximum absolute atomic E-state index is 10.7. The summed E-state index contributed by atoms with van der Waals surface area (Å²) in [5.74, 6) is 0. The Balaban J connectivity index is 1.98. The summed E-state index contributed by atoms with van der Waals surface area (Å²) in [4.78, 5) is 10.3. The summed E-state index contributed by atoms with van der Waals surface area (Å²) in [6.45, 7) is 2.02. The van der Waals surface area contributed by atoms with Crippen LogP contribution in [0.2, 0.25) is 5.02 Å². The Hall–Kier alpha value is -2.59. The minimum Gasteiger partial charge on any atom is -0.321 e. The summed E-state index contributed by atoms with van der Waals surface area (Å²) in [6, 6.07) is 16.2. The lowest BCUT2D eigenvalue weighted by Gasteiger charge is -2.05. The van der Waals surface area contributed by atoms with E-state index in [0.29, 0.717) is 5.02 Å². The van der Waals surface area contributed by atoms with E-state index in [1.165, 1.54) is 12.1 Å². The van der Waals surface area contributed by atoms with E-state index in [4.69, 9.17) is 11.6 Å². The summed E-state index contributed by atoms with van der Waals surface area (Å²) >= 11 is 5.92. The lowest BCUT2D eigenvalue weighted by molar-refractivity contribution is -0.384. The zero-order valence-corrected chi connectivity index (χ0v) is 12.6. The van der Waals surface area contributed by atoms with E-state index in [9.17, 15) is 10.1 Å². The standard InChI is InChI=1S/C17H13ClN2O2/c1-12-10-14(13-2-6-17(7-3-13)20(21)22)11-19(12)16-8-4-15(18)5-9-16/h2-11H,1H3. The molecule has 0 fully saturated rings. The molecule has 0 saturated heterocycles. The predicted octanol–water partition coefficient (Wildman–Crippen LogP) is 5.01. The van der Waals surface area contributed by atoms with Crippen LogP contribution in [0.4, 0.5) is 5.69 Å². The number of rotatable bonds is 3. The van der Waals surface area contributed by atoms with Gasteiger partial charge < -0.3 is 4.57 Å². The summed E-state index contributed by atoms with van der Waals surface area (Å²) in [5, 5.41) is 11.4. The number of nitrogens with zero attached hydrogens (tertiary/aromatic N) is 2. The second-order valence-corrected chi connectivity index (χ2v) is 5.46. The molecule has 110 valence electrons. The molecule has 0 spiro atoms. The van der Waals surface area contributed by atoms with Gasteiger partial charge in [-0.1, -0.05) is 11.6 Å². The monoisotopic (exact) mass is 312 g/mol. The molecular formula is C17H13ClN2O2. The molecule has 0 aliphatic carbocycles. The first-order valence-electron chi connectivity index (χ1n) is 6.74. The van der Waals surface area contributed by atoms with Crippen molar-refractivity contribution in [1.82, 2.24) is 4.57 Å². The van der Waals surface area contributed by atoms with E-state index >= 15 is 0 Å². The molecule has 0 saturated carbocycles. The number of hydrogen-bond acceptors (Lipinski definition) is 2. The normalized spacial score (nSPS) is 10.6. The van der Waals surface area contributed by atoms with Crippen molar-refractivity contribution in [2.24, 2.45) is 0 Å². The van der Waals surface area contributed by atoms with E-state index in [1.807, 2.05) is 37.4 Å². The second kappa shape index (κ2) is 5.66. The maximum atomic E-state index is 10.7. The van der Waals surface area contributed by atoms with Crippen LogP contribution in [0.3, 0.4) is 0 Å². The molecule has 5 heteroatoms. The van der Waals surface area contributed by atoms with Gasteiger partial charge >= 0.3 is 0 Å². The van der Waals surface area contributed by atoms with E-state index in [0.717, 1.165) is 22.5 Å². The van der Waals surface area contributed by atoms with Gasteiger partial charge in [-0.25, -0.2) is 0 Å². The average Bonchev–Trinajstić information content (AvgIpc) is 2.90. The minimum atomic E-state index is -0.395. The minimum absolute atomic E-state index is 0.0950. The van der Waals surface area contributed by atoms with E-state index in [2.05, 4.69) is 10.6 Å². The van der Waals surface area contributed by atoms with Crippen molar-refractivity contribution < 1.29 is 4.92 Å². The predicted molar refractivity (Wildman–Crippen MR) is 87.6 cm³/mol. The molecule has 0 amide bonds. The van der Waals surface area contributed by atoms with Gasteiger partial charge in [-0.2, -0.15) is 0 Å². The van der Waals surface area contributed by atoms with Gasteiger partial charge in [0.15, 0.2) is 0 Å². The van der Waals surface area contributed by atoms with Gasteiger partial charge in [-0.3, -0.25) is 10.1 Å². The van der Waals surface area contributed by atoms with Gasteiger partial charge in [0, 0.05) is 40.3 Å². The first-order valence-corrected chi connectivity index (χ1v) is 7.12. The average molecular weight is 313 g/mol. The molecule has 0 aliphatic heterocycles. The lowest BCUT2D eigenvalue weighted by Crippen LogP contribution is -1.93.